The maximum absolute atomic E-state index is 11.5. The summed E-state index contributed by atoms with van der Waals surface area (Å²) in [7, 11) is 1.59. The summed E-state index contributed by atoms with van der Waals surface area (Å²) < 4.78 is 0. The molecule has 3 N–H and O–H groups in total. The molecule has 0 aromatic heterocycles. The molecule has 3 amide bonds. The highest BCUT2D eigenvalue weighted by molar-refractivity contribution is 7.98. The minimum absolute atomic E-state index is 0.122. The van der Waals surface area contributed by atoms with E-state index in [9.17, 15) is 9.59 Å². The maximum Gasteiger partial charge on any atom is 0.314 e. The number of nitrogens with one attached hydrogen (secondary N) is 1. The number of primary amides is 1. The number of benzene rings is 1. The molecule has 6 heteroatoms. The molecule has 0 saturated heterocycles. The summed E-state index contributed by atoms with van der Waals surface area (Å²) in [5, 5.41) is 2.71. The predicted octanol–water partition coefficient (Wildman–Crippen LogP) is 1.25. The summed E-state index contributed by atoms with van der Waals surface area (Å²) in [4.78, 5) is 23.6. The van der Waals surface area contributed by atoms with Gasteiger partial charge in [0.05, 0.1) is 6.42 Å². The fourth-order valence-electron chi connectivity index (χ4n) is 1.41. The van der Waals surface area contributed by atoms with Gasteiger partial charge in [-0.2, -0.15) is 11.8 Å². The summed E-state index contributed by atoms with van der Waals surface area (Å²) in [6.45, 7) is 0.810. The van der Waals surface area contributed by atoms with Crippen LogP contribution in [0.15, 0.2) is 30.3 Å². The van der Waals surface area contributed by atoms with E-state index in [1.54, 1.807) is 25.2 Å². The van der Waals surface area contributed by atoms with Gasteiger partial charge in [-0.3, -0.25) is 4.79 Å². The fraction of sp³-hybridized carbons (Fsp3) is 0.357. The Morgan fingerprint density at radius 1 is 1.35 bits per heavy atom. The molecule has 1 aromatic rings. The highest BCUT2D eigenvalue weighted by atomic mass is 32.2. The lowest BCUT2D eigenvalue weighted by Crippen LogP contribution is -2.38. The van der Waals surface area contributed by atoms with E-state index in [0.717, 1.165) is 5.75 Å². The Morgan fingerprint density at radius 3 is 2.70 bits per heavy atom. The van der Waals surface area contributed by atoms with Gasteiger partial charge in [0.15, 0.2) is 0 Å². The Bertz CT molecular complexity index is 426. The van der Waals surface area contributed by atoms with Crippen molar-refractivity contribution in [2.24, 2.45) is 5.73 Å². The first-order valence-corrected chi connectivity index (χ1v) is 7.48. The highest BCUT2D eigenvalue weighted by Gasteiger charge is 2.05. The molecule has 1 radical (unpaired) electrons. The van der Waals surface area contributed by atoms with Crippen molar-refractivity contribution < 1.29 is 9.59 Å². The van der Waals surface area contributed by atoms with Gasteiger partial charge >= 0.3 is 6.03 Å². The number of likely N-dealkylation sites (N-methyl/N-ethyl adjacent to an activating group) is 1. The smallest absolute Gasteiger partial charge is 0.314 e. The standard InChI is InChI=1S/C14H20N3O2S/c1-17(14(15)19)9-8-16-13(18)7-10-20-11-12-5-3-2-4-6-12/h2-7H,8-11H2,1H3,(H2,15,19)(H,16,18). The van der Waals surface area contributed by atoms with Crippen molar-refractivity contribution in [2.75, 3.05) is 25.9 Å². The van der Waals surface area contributed by atoms with E-state index in [4.69, 9.17) is 5.73 Å². The number of carbonyl (C=O) groups excluding carboxylic acids is 2. The number of hydrogen-bond acceptors (Lipinski definition) is 3. The second-order valence-electron chi connectivity index (χ2n) is 4.26. The van der Waals surface area contributed by atoms with Crippen LogP contribution in [0.25, 0.3) is 0 Å². The van der Waals surface area contributed by atoms with Gasteiger partial charge in [-0.25, -0.2) is 4.79 Å². The molecular weight excluding hydrogens is 274 g/mol. The first kappa shape index (κ1) is 16.4. The van der Waals surface area contributed by atoms with Crippen molar-refractivity contribution in [1.82, 2.24) is 10.2 Å². The zero-order chi connectivity index (χ0) is 14.8. The maximum atomic E-state index is 11.5. The van der Waals surface area contributed by atoms with Crippen LogP contribution in [0, 0.1) is 6.42 Å². The molecular formula is C14H20N3O2S. The number of nitrogens with two attached hydrogens (primary N) is 1. The Kier molecular flexibility index (Phi) is 7.57. The van der Waals surface area contributed by atoms with E-state index >= 15 is 0 Å². The first-order valence-electron chi connectivity index (χ1n) is 6.33. The largest absolute Gasteiger partial charge is 0.354 e. The van der Waals surface area contributed by atoms with Crippen molar-refractivity contribution in [2.45, 2.75) is 5.75 Å². The lowest BCUT2D eigenvalue weighted by Gasteiger charge is -2.14. The molecule has 5 nitrogen and oxygen atoms in total. The molecule has 1 aromatic carbocycles. The molecule has 109 valence electrons. The molecule has 0 unspecified atom stereocenters. The van der Waals surface area contributed by atoms with Crippen LogP contribution in [0.3, 0.4) is 0 Å². The second-order valence-corrected chi connectivity index (χ2v) is 5.29. The van der Waals surface area contributed by atoms with Gasteiger partial charge in [-0.05, 0) is 5.56 Å². The number of hydrogen-bond donors (Lipinski definition) is 2. The van der Waals surface area contributed by atoms with Crippen molar-refractivity contribution in [3.63, 3.8) is 0 Å². The third-order valence-electron chi connectivity index (χ3n) is 2.62. The average molecular weight is 294 g/mol. The third-order valence-corrected chi connectivity index (χ3v) is 3.56. The molecule has 0 aliphatic carbocycles. The van der Waals surface area contributed by atoms with Gasteiger partial charge in [-0.15, -0.1) is 0 Å². The molecule has 1 rings (SSSR count). The fourth-order valence-corrected chi connectivity index (χ4v) is 2.23. The molecule has 20 heavy (non-hydrogen) atoms. The number of rotatable bonds is 8. The summed E-state index contributed by atoms with van der Waals surface area (Å²) in [6, 6.07) is 9.61. The van der Waals surface area contributed by atoms with Crippen LogP contribution < -0.4 is 11.1 Å². The Hall–Kier alpha value is -1.69. The van der Waals surface area contributed by atoms with Crippen LogP contribution in [0.4, 0.5) is 4.79 Å². The third kappa shape index (κ3) is 7.04. The summed E-state index contributed by atoms with van der Waals surface area (Å²) in [6.07, 6.45) is 1.61. The van der Waals surface area contributed by atoms with Crippen LogP contribution >= 0.6 is 11.8 Å². The number of carbonyl (C=O) groups is 2. The van der Waals surface area contributed by atoms with Crippen LogP contribution in [0.1, 0.15) is 5.56 Å². The molecule has 0 saturated carbocycles. The zero-order valence-electron chi connectivity index (χ0n) is 11.5. The predicted molar refractivity (Wildman–Crippen MR) is 82.1 cm³/mol. The number of amides is 3. The quantitative estimate of drug-likeness (QED) is 0.709. The second kappa shape index (κ2) is 9.25. The van der Waals surface area contributed by atoms with E-state index in [-0.39, 0.29) is 5.91 Å². The van der Waals surface area contributed by atoms with Gasteiger partial charge in [0.1, 0.15) is 0 Å². The molecule has 0 bridgehead atoms. The first-order chi connectivity index (χ1) is 9.59. The minimum Gasteiger partial charge on any atom is -0.354 e. The summed E-state index contributed by atoms with van der Waals surface area (Å²) in [5.74, 6) is 1.42. The van der Waals surface area contributed by atoms with Crippen LogP contribution in [0.5, 0.6) is 0 Å². The number of nitrogens with zero attached hydrogens (tertiary/aromatic N) is 1. The van der Waals surface area contributed by atoms with Gasteiger partial charge in [0.25, 0.3) is 0 Å². The van der Waals surface area contributed by atoms with E-state index in [0.29, 0.717) is 18.8 Å². The zero-order valence-corrected chi connectivity index (χ0v) is 12.4. The molecule has 0 spiro atoms. The van der Waals surface area contributed by atoms with Crippen LogP contribution in [0.2, 0.25) is 0 Å². The van der Waals surface area contributed by atoms with Gasteiger partial charge in [0.2, 0.25) is 5.91 Å². The van der Waals surface area contributed by atoms with E-state index in [2.05, 4.69) is 17.4 Å². The minimum atomic E-state index is -0.498. The average Bonchev–Trinajstić information content (AvgIpc) is 2.44. The van der Waals surface area contributed by atoms with Gasteiger partial charge in [0, 0.05) is 31.6 Å². The number of thioether (sulfide) groups is 1. The van der Waals surface area contributed by atoms with Crippen molar-refractivity contribution in [3.8, 4) is 0 Å². The Labute approximate surface area is 123 Å². The van der Waals surface area contributed by atoms with Gasteiger partial charge in [-0.1, -0.05) is 30.3 Å². The van der Waals surface area contributed by atoms with Gasteiger partial charge < -0.3 is 16.0 Å². The van der Waals surface area contributed by atoms with Crippen molar-refractivity contribution in [1.29, 1.82) is 0 Å². The monoisotopic (exact) mass is 294 g/mol. The molecule has 0 aliphatic rings. The summed E-state index contributed by atoms with van der Waals surface area (Å²) >= 11 is 1.68. The topological polar surface area (TPSA) is 75.4 Å². The Balaban J connectivity index is 2.04. The normalized spacial score (nSPS) is 10.1. The summed E-state index contributed by atoms with van der Waals surface area (Å²) in [5.41, 5.74) is 6.31. The van der Waals surface area contributed by atoms with E-state index in [1.165, 1.54) is 10.5 Å². The lowest BCUT2D eigenvalue weighted by molar-refractivity contribution is -0.117. The number of urea groups is 1. The lowest BCUT2D eigenvalue weighted by atomic mass is 10.2. The van der Waals surface area contributed by atoms with Crippen molar-refractivity contribution in [3.05, 3.63) is 42.3 Å². The highest BCUT2D eigenvalue weighted by Crippen LogP contribution is 2.11. The molecule has 0 aliphatic heterocycles. The molecule has 0 fully saturated rings. The van der Waals surface area contributed by atoms with Crippen molar-refractivity contribution >= 4 is 23.7 Å². The molecule has 0 atom stereocenters. The van der Waals surface area contributed by atoms with E-state index in [1.807, 2.05) is 18.2 Å². The van der Waals surface area contributed by atoms with Crippen LogP contribution in [-0.4, -0.2) is 42.7 Å². The van der Waals surface area contributed by atoms with E-state index < -0.39 is 6.03 Å². The SMILES string of the molecule is CN(CCNC(=O)[CH]CSCc1ccccc1)C(N)=O. The Morgan fingerprint density at radius 2 is 2.05 bits per heavy atom. The van der Waals surface area contributed by atoms with Crippen LogP contribution in [-0.2, 0) is 10.5 Å². The molecule has 0 heterocycles.